The highest BCUT2D eigenvalue weighted by Crippen LogP contribution is 2.46. The van der Waals surface area contributed by atoms with Crippen LogP contribution in [0.2, 0.25) is 0 Å². The SMILES string of the molecule is CC.CC.CC(CC1CC1)NC(=O)C(F)(F)C(F)(F)C(F)(F)F. The summed E-state index contributed by atoms with van der Waals surface area (Å²) < 4.78 is 86.5. The van der Waals surface area contributed by atoms with Gasteiger partial charge in [-0.15, -0.1) is 0 Å². The number of amides is 1. The maximum absolute atomic E-state index is 12.9. The average Bonchev–Trinajstić information content (AvgIpc) is 3.25. The number of nitrogens with one attached hydrogen (secondary N) is 1. The number of halogens is 7. The van der Waals surface area contributed by atoms with Crippen molar-refractivity contribution in [3.8, 4) is 0 Å². The maximum atomic E-state index is 12.9. The smallest absolute Gasteiger partial charge is 0.348 e. The Morgan fingerprint density at radius 1 is 1.00 bits per heavy atom. The van der Waals surface area contributed by atoms with Gasteiger partial charge < -0.3 is 5.32 Å². The molecule has 0 aromatic carbocycles. The largest absolute Gasteiger partial charge is 0.460 e. The highest BCUT2D eigenvalue weighted by molar-refractivity contribution is 5.85. The molecule has 1 rings (SSSR count). The third kappa shape index (κ3) is 6.55. The Hall–Kier alpha value is -1.02. The number of hydrogen-bond donors (Lipinski definition) is 1. The van der Waals surface area contributed by atoms with Gasteiger partial charge in [-0.2, -0.15) is 30.7 Å². The van der Waals surface area contributed by atoms with Crippen LogP contribution in [0.3, 0.4) is 0 Å². The molecule has 1 fully saturated rings. The second-order valence-electron chi connectivity index (χ2n) is 4.70. The predicted molar refractivity (Wildman–Crippen MR) is 73.6 cm³/mol. The van der Waals surface area contributed by atoms with Gasteiger partial charge in [-0.05, 0) is 19.3 Å². The minimum absolute atomic E-state index is 0.201. The fourth-order valence-electron chi connectivity index (χ4n) is 1.55. The lowest BCUT2D eigenvalue weighted by Gasteiger charge is -2.28. The second-order valence-corrected chi connectivity index (χ2v) is 4.70. The van der Waals surface area contributed by atoms with E-state index in [2.05, 4.69) is 0 Å². The molecule has 1 N–H and O–H groups in total. The fraction of sp³-hybridized carbons (Fsp3) is 0.929. The van der Waals surface area contributed by atoms with Crippen molar-refractivity contribution in [2.24, 2.45) is 5.92 Å². The van der Waals surface area contributed by atoms with E-state index in [0.717, 1.165) is 12.8 Å². The lowest BCUT2D eigenvalue weighted by molar-refractivity contribution is -0.344. The van der Waals surface area contributed by atoms with Gasteiger partial charge in [0.1, 0.15) is 0 Å². The Labute approximate surface area is 131 Å². The number of hydrogen-bond acceptors (Lipinski definition) is 1. The van der Waals surface area contributed by atoms with Crippen LogP contribution < -0.4 is 5.32 Å². The second kappa shape index (κ2) is 9.32. The first kappa shape index (κ1) is 24.2. The van der Waals surface area contributed by atoms with Gasteiger partial charge in [0.15, 0.2) is 0 Å². The van der Waals surface area contributed by atoms with Crippen LogP contribution in [0.1, 0.15) is 53.9 Å². The summed E-state index contributed by atoms with van der Waals surface area (Å²) in [4.78, 5) is 10.9. The van der Waals surface area contributed by atoms with E-state index < -0.39 is 30.0 Å². The summed E-state index contributed by atoms with van der Waals surface area (Å²) in [6.45, 7) is 9.28. The first-order chi connectivity index (χ1) is 10.4. The lowest BCUT2D eigenvalue weighted by atomic mass is 10.1. The van der Waals surface area contributed by atoms with Crippen molar-refractivity contribution in [3.63, 3.8) is 0 Å². The molecule has 0 radical (unpaired) electrons. The van der Waals surface area contributed by atoms with Crippen LogP contribution >= 0.6 is 0 Å². The molecule has 0 saturated heterocycles. The molecule has 0 spiro atoms. The molecular formula is C14H24F7NO. The van der Waals surface area contributed by atoms with E-state index in [-0.39, 0.29) is 12.3 Å². The van der Waals surface area contributed by atoms with Gasteiger partial charge in [-0.1, -0.05) is 40.5 Å². The molecule has 1 aliphatic carbocycles. The molecule has 1 unspecified atom stereocenters. The Kier molecular flexibility index (Phi) is 9.82. The van der Waals surface area contributed by atoms with Gasteiger partial charge in [0.25, 0.3) is 5.91 Å². The van der Waals surface area contributed by atoms with Crippen LogP contribution in [0.15, 0.2) is 0 Å². The zero-order chi connectivity index (χ0) is 19.1. The Morgan fingerprint density at radius 2 is 1.39 bits per heavy atom. The van der Waals surface area contributed by atoms with E-state index in [4.69, 9.17) is 0 Å². The van der Waals surface area contributed by atoms with Gasteiger partial charge in [0, 0.05) is 6.04 Å². The highest BCUT2D eigenvalue weighted by Gasteiger charge is 2.76. The van der Waals surface area contributed by atoms with Crippen LogP contribution in [-0.4, -0.2) is 30.0 Å². The third-order valence-electron chi connectivity index (χ3n) is 2.80. The zero-order valence-corrected chi connectivity index (χ0v) is 13.8. The Morgan fingerprint density at radius 3 is 1.70 bits per heavy atom. The van der Waals surface area contributed by atoms with Crippen molar-refractivity contribution >= 4 is 5.91 Å². The molecule has 1 amide bonds. The molecule has 9 heteroatoms. The van der Waals surface area contributed by atoms with E-state index in [1.165, 1.54) is 12.2 Å². The fourth-order valence-corrected chi connectivity index (χ4v) is 1.55. The molecular weight excluding hydrogens is 331 g/mol. The minimum Gasteiger partial charge on any atom is -0.348 e. The van der Waals surface area contributed by atoms with Gasteiger partial charge in [0.05, 0.1) is 0 Å². The topological polar surface area (TPSA) is 29.1 Å². The van der Waals surface area contributed by atoms with Crippen LogP contribution in [0.5, 0.6) is 0 Å². The predicted octanol–water partition coefficient (Wildman–Crippen LogP) is 5.18. The molecule has 0 aromatic rings. The van der Waals surface area contributed by atoms with Crippen LogP contribution in [-0.2, 0) is 4.79 Å². The standard InChI is InChI=1S/C10H12F7NO.2C2H6/c1-5(4-6-2-3-6)18-7(19)8(11,12)9(13,14)10(15,16)17;2*1-2/h5-6H,2-4H2,1H3,(H,18,19);2*1-2H3. The quantitative estimate of drug-likeness (QED) is 0.677. The molecule has 0 aliphatic heterocycles. The van der Waals surface area contributed by atoms with Crippen molar-refractivity contribution in [1.82, 2.24) is 5.32 Å². The third-order valence-corrected chi connectivity index (χ3v) is 2.80. The molecule has 23 heavy (non-hydrogen) atoms. The summed E-state index contributed by atoms with van der Waals surface area (Å²) >= 11 is 0. The monoisotopic (exact) mass is 355 g/mol. The summed E-state index contributed by atoms with van der Waals surface area (Å²) in [5.41, 5.74) is 0. The number of rotatable bonds is 5. The van der Waals surface area contributed by atoms with Gasteiger partial charge in [-0.25, -0.2) is 0 Å². The van der Waals surface area contributed by atoms with Crippen molar-refractivity contribution in [2.45, 2.75) is 77.9 Å². The summed E-state index contributed by atoms with van der Waals surface area (Å²) in [7, 11) is 0. The minimum atomic E-state index is -6.49. The van der Waals surface area contributed by atoms with E-state index in [1.54, 1.807) is 0 Å². The normalized spacial score (nSPS) is 16.3. The molecule has 1 saturated carbocycles. The van der Waals surface area contributed by atoms with Crippen molar-refractivity contribution < 1.29 is 35.5 Å². The summed E-state index contributed by atoms with van der Waals surface area (Å²) in [6, 6.07) is -0.880. The van der Waals surface area contributed by atoms with Crippen LogP contribution in [0.4, 0.5) is 30.7 Å². The molecule has 0 bridgehead atoms. The Balaban J connectivity index is 0. The first-order valence-electron chi connectivity index (χ1n) is 7.53. The van der Waals surface area contributed by atoms with E-state index in [0.29, 0.717) is 0 Å². The molecule has 1 aliphatic rings. The molecule has 0 aromatic heterocycles. The van der Waals surface area contributed by atoms with Gasteiger partial charge in [-0.3, -0.25) is 4.79 Å². The summed E-state index contributed by atoms with van der Waals surface area (Å²) in [6.07, 6.45) is -4.56. The first-order valence-corrected chi connectivity index (χ1v) is 7.53. The molecule has 0 heterocycles. The van der Waals surface area contributed by atoms with E-state index >= 15 is 0 Å². The molecule has 1 atom stereocenters. The average molecular weight is 355 g/mol. The Bertz CT molecular complexity index is 352. The molecule has 2 nitrogen and oxygen atoms in total. The maximum Gasteiger partial charge on any atom is 0.460 e. The summed E-state index contributed by atoms with van der Waals surface area (Å²) in [5, 5.41) is 1.50. The van der Waals surface area contributed by atoms with E-state index in [9.17, 15) is 35.5 Å². The molecule has 140 valence electrons. The van der Waals surface area contributed by atoms with Crippen LogP contribution in [0.25, 0.3) is 0 Å². The number of alkyl halides is 7. The van der Waals surface area contributed by atoms with Crippen molar-refractivity contribution in [2.75, 3.05) is 0 Å². The zero-order valence-electron chi connectivity index (χ0n) is 13.8. The number of carbonyl (C=O) groups is 1. The van der Waals surface area contributed by atoms with Crippen molar-refractivity contribution in [3.05, 3.63) is 0 Å². The highest BCUT2D eigenvalue weighted by atomic mass is 19.4. The summed E-state index contributed by atoms with van der Waals surface area (Å²) in [5.74, 6) is -14.6. The van der Waals surface area contributed by atoms with Crippen molar-refractivity contribution in [1.29, 1.82) is 0 Å². The van der Waals surface area contributed by atoms with E-state index in [1.807, 2.05) is 27.7 Å². The van der Waals surface area contributed by atoms with Gasteiger partial charge in [0.2, 0.25) is 0 Å². The van der Waals surface area contributed by atoms with Crippen LogP contribution in [0, 0.1) is 5.92 Å². The van der Waals surface area contributed by atoms with Gasteiger partial charge >= 0.3 is 18.0 Å². The number of carbonyl (C=O) groups excluding carboxylic acids is 1. The lowest BCUT2D eigenvalue weighted by Crippen LogP contribution is -2.60.